The Morgan fingerprint density at radius 3 is 1.83 bits per heavy atom. The molecule has 0 aromatic rings. The molecule has 1 aliphatic heterocycles. The Morgan fingerprint density at radius 1 is 0.889 bits per heavy atom. The summed E-state index contributed by atoms with van der Waals surface area (Å²) >= 11 is 0. The Hall–Kier alpha value is -2.50. The van der Waals surface area contributed by atoms with Gasteiger partial charge in [-0.25, -0.2) is 0 Å². The van der Waals surface area contributed by atoms with E-state index < -0.39 is 11.9 Å². The lowest BCUT2D eigenvalue weighted by atomic mass is 10.3. The van der Waals surface area contributed by atoms with Crippen molar-refractivity contribution in [2.75, 3.05) is 0 Å². The van der Waals surface area contributed by atoms with Gasteiger partial charge in [0.2, 0.25) is 0 Å². The van der Waals surface area contributed by atoms with E-state index in [-0.39, 0.29) is 6.01 Å². The van der Waals surface area contributed by atoms with Crippen molar-refractivity contribution in [2.45, 2.75) is 13.8 Å². The van der Waals surface area contributed by atoms with Gasteiger partial charge >= 0.3 is 17.9 Å². The Bertz CT molecular complexity index is 535. The molecule has 0 amide bonds. The number of ether oxygens (including phenoxy) is 2. The average Bonchev–Trinajstić information content (AvgIpc) is 2.54. The molecule has 0 radical (unpaired) electrons. The topological polar surface area (TPSA) is 78.4 Å². The first-order chi connectivity index (χ1) is 8.54. The average molecular weight is 246 g/mol. The van der Waals surface area contributed by atoms with Crippen molar-refractivity contribution < 1.29 is 19.1 Å². The summed E-state index contributed by atoms with van der Waals surface area (Å²) < 4.78 is 9.71. The molecule has 6 nitrogen and oxygen atoms in total. The molecule has 2 aliphatic rings. The highest BCUT2D eigenvalue weighted by atomic mass is 16.5. The van der Waals surface area contributed by atoms with Crippen molar-refractivity contribution in [1.29, 1.82) is 0 Å². The van der Waals surface area contributed by atoms with Crippen LogP contribution >= 0.6 is 0 Å². The van der Waals surface area contributed by atoms with E-state index in [1.807, 2.05) is 0 Å². The molecule has 0 unspecified atom stereocenters. The summed E-state index contributed by atoms with van der Waals surface area (Å²) in [5, 5.41) is 0. The van der Waals surface area contributed by atoms with Crippen molar-refractivity contribution in [2.24, 2.45) is 0 Å². The van der Waals surface area contributed by atoms with Crippen LogP contribution in [0.5, 0.6) is 11.8 Å². The second-order valence-electron chi connectivity index (χ2n) is 3.53. The van der Waals surface area contributed by atoms with Crippen LogP contribution in [0, 0.1) is 0 Å². The number of esters is 2. The summed E-state index contributed by atoms with van der Waals surface area (Å²) in [4.78, 5) is 29.6. The summed E-state index contributed by atoms with van der Waals surface area (Å²) in [7, 11) is 0. The largest absolute Gasteiger partial charge is 0.427 e. The van der Waals surface area contributed by atoms with Crippen LogP contribution < -0.4 is 9.47 Å². The van der Waals surface area contributed by atoms with Crippen LogP contribution in [0.25, 0.3) is 11.4 Å². The predicted molar refractivity (Wildman–Crippen MR) is 61.3 cm³/mol. The van der Waals surface area contributed by atoms with Crippen molar-refractivity contribution in [3.05, 3.63) is 24.3 Å². The van der Waals surface area contributed by atoms with E-state index in [1.165, 1.54) is 13.8 Å². The highest BCUT2D eigenvalue weighted by Gasteiger charge is 2.12. The zero-order chi connectivity index (χ0) is 13.1. The Labute approximate surface area is 103 Å². The molecule has 18 heavy (non-hydrogen) atoms. The molecule has 0 atom stereocenters. The predicted octanol–water partition coefficient (Wildman–Crippen LogP) is 1.43. The minimum absolute atomic E-state index is 0.0118. The minimum atomic E-state index is -0.477. The van der Waals surface area contributed by atoms with Crippen LogP contribution in [0.15, 0.2) is 24.3 Å². The smallest absolute Gasteiger partial charge is 0.325 e. The molecular formula is C12H10N2O4. The van der Waals surface area contributed by atoms with Gasteiger partial charge in [0.1, 0.15) is 5.75 Å². The molecule has 0 saturated heterocycles. The van der Waals surface area contributed by atoms with Crippen molar-refractivity contribution >= 4 is 11.9 Å². The van der Waals surface area contributed by atoms with Gasteiger partial charge in [-0.05, 0) is 24.3 Å². The molecule has 0 aromatic carbocycles. The summed E-state index contributed by atoms with van der Waals surface area (Å²) in [5.41, 5.74) is 1.09. The first kappa shape index (κ1) is 12.0. The summed E-state index contributed by atoms with van der Waals surface area (Å²) in [6.45, 7) is 2.60. The van der Waals surface area contributed by atoms with Gasteiger partial charge in [0.15, 0.2) is 0 Å². The molecule has 1 aliphatic carbocycles. The van der Waals surface area contributed by atoms with Crippen LogP contribution in [-0.2, 0) is 9.59 Å². The lowest BCUT2D eigenvalue weighted by Gasteiger charge is -1.95. The Kier molecular flexibility index (Phi) is 3.18. The van der Waals surface area contributed by atoms with Gasteiger partial charge in [-0.2, -0.15) is 9.97 Å². The van der Waals surface area contributed by atoms with Crippen LogP contribution in [-0.4, -0.2) is 21.9 Å². The van der Waals surface area contributed by atoms with Gasteiger partial charge in [-0.15, -0.1) is 0 Å². The van der Waals surface area contributed by atoms with Crippen molar-refractivity contribution in [1.82, 2.24) is 9.97 Å². The molecule has 0 saturated carbocycles. The van der Waals surface area contributed by atoms with Crippen LogP contribution in [0.4, 0.5) is 0 Å². The van der Waals surface area contributed by atoms with E-state index in [2.05, 4.69) is 9.97 Å². The number of imidazole rings is 1. The van der Waals surface area contributed by atoms with Crippen LogP contribution in [0.2, 0.25) is 0 Å². The van der Waals surface area contributed by atoms with Gasteiger partial charge in [-0.3, -0.25) is 9.59 Å². The zero-order valence-corrected chi connectivity index (χ0v) is 9.84. The third-order valence-corrected chi connectivity index (χ3v) is 2.00. The zero-order valence-electron chi connectivity index (χ0n) is 9.84. The third kappa shape index (κ3) is 2.79. The fourth-order valence-corrected chi connectivity index (χ4v) is 1.38. The van der Waals surface area contributed by atoms with E-state index in [9.17, 15) is 9.59 Å². The molecule has 0 bridgehead atoms. The van der Waals surface area contributed by atoms with Gasteiger partial charge in [0.25, 0.3) is 0 Å². The normalized spacial score (nSPS) is 10.1. The highest BCUT2D eigenvalue weighted by molar-refractivity contribution is 5.70. The molecule has 92 valence electrons. The molecule has 0 spiro atoms. The molecule has 1 heterocycles. The van der Waals surface area contributed by atoms with Crippen molar-refractivity contribution in [3.63, 3.8) is 0 Å². The fourth-order valence-electron chi connectivity index (χ4n) is 1.38. The van der Waals surface area contributed by atoms with E-state index in [0.717, 1.165) is 0 Å². The monoisotopic (exact) mass is 246 g/mol. The lowest BCUT2D eigenvalue weighted by Crippen LogP contribution is -2.02. The number of carbonyl (C=O) groups excluding carboxylic acids is 2. The SMILES string of the molecule is CC(=O)Oc1ccc2nc(OC(C)=O)nc-2cc1. The number of rotatable bonds is 2. The van der Waals surface area contributed by atoms with Crippen LogP contribution in [0.1, 0.15) is 13.8 Å². The molecule has 0 N–H and O–H groups in total. The van der Waals surface area contributed by atoms with Gasteiger partial charge < -0.3 is 9.47 Å². The Morgan fingerprint density at radius 2 is 1.39 bits per heavy atom. The summed E-state index contributed by atoms with van der Waals surface area (Å²) in [5.74, 6) is -0.478. The second-order valence-corrected chi connectivity index (χ2v) is 3.53. The molecule has 2 rings (SSSR count). The molecular weight excluding hydrogens is 236 g/mol. The minimum Gasteiger partial charge on any atom is -0.427 e. The molecule has 0 aromatic heterocycles. The van der Waals surface area contributed by atoms with E-state index in [1.54, 1.807) is 24.3 Å². The lowest BCUT2D eigenvalue weighted by molar-refractivity contribution is -0.133. The maximum absolute atomic E-state index is 10.8. The molecule has 6 heteroatoms. The number of fused-ring (bicyclic) bond motifs is 1. The summed E-state index contributed by atoms with van der Waals surface area (Å²) in [6.07, 6.45) is 0. The fraction of sp³-hybridized carbons (Fsp3) is 0.167. The quantitative estimate of drug-likeness (QED) is 0.746. The first-order valence-electron chi connectivity index (χ1n) is 5.19. The summed E-state index contributed by atoms with van der Waals surface area (Å²) in [6, 6.07) is 6.46. The van der Waals surface area contributed by atoms with Gasteiger partial charge in [0.05, 0.1) is 11.4 Å². The first-order valence-corrected chi connectivity index (χ1v) is 5.19. The third-order valence-electron chi connectivity index (χ3n) is 2.00. The molecule has 0 fully saturated rings. The maximum atomic E-state index is 10.8. The van der Waals surface area contributed by atoms with Gasteiger partial charge in [0, 0.05) is 13.8 Å². The number of carbonyl (C=O) groups is 2. The standard InChI is InChI=1S/C12H10N2O4/c1-7(15)17-9-3-5-10-11(6-4-9)14-12(13-10)18-8(2)16/h3-6H,1-2H3. The number of aromatic nitrogens is 2. The van der Waals surface area contributed by atoms with E-state index in [4.69, 9.17) is 9.47 Å². The Balaban J connectivity index is 2.33. The van der Waals surface area contributed by atoms with E-state index in [0.29, 0.717) is 17.1 Å². The number of nitrogens with zero attached hydrogens (tertiary/aromatic N) is 2. The number of hydrogen-bond donors (Lipinski definition) is 0. The maximum Gasteiger partial charge on any atom is 0.325 e. The van der Waals surface area contributed by atoms with Crippen molar-refractivity contribution in [3.8, 4) is 23.1 Å². The van der Waals surface area contributed by atoms with Crippen LogP contribution in [0.3, 0.4) is 0 Å². The van der Waals surface area contributed by atoms with E-state index >= 15 is 0 Å². The number of hydrogen-bond acceptors (Lipinski definition) is 6. The highest BCUT2D eigenvalue weighted by Crippen LogP contribution is 2.23. The second kappa shape index (κ2) is 4.79. The van der Waals surface area contributed by atoms with Gasteiger partial charge in [-0.1, -0.05) is 0 Å².